The van der Waals surface area contributed by atoms with Crippen molar-refractivity contribution >= 4 is 22.2 Å². The second kappa shape index (κ2) is 4.52. The van der Waals surface area contributed by atoms with Gasteiger partial charge < -0.3 is 5.32 Å². The fourth-order valence-electron chi connectivity index (χ4n) is 0.807. The molecule has 5 nitrogen and oxygen atoms in total. The molecule has 74 valence electrons. The number of nitrogens with zero attached hydrogens (tertiary/aromatic N) is 1. The number of nitro groups is 1. The number of nitrogens with one attached hydrogen (secondary N) is 1. The van der Waals surface area contributed by atoms with E-state index in [4.69, 9.17) is 0 Å². The van der Waals surface area contributed by atoms with Gasteiger partial charge in [0.05, 0.1) is 10.5 Å². The molecule has 0 unspecified atom stereocenters. The molecule has 1 aromatic rings. The first-order valence-corrected chi connectivity index (χ1v) is 4.65. The van der Waals surface area contributed by atoms with E-state index in [1.165, 1.54) is 11.4 Å². The summed E-state index contributed by atoms with van der Waals surface area (Å²) in [5.74, 6) is -0.325. The van der Waals surface area contributed by atoms with Gasteiger partial charge in [0.2, 0.25) is 0 Å². The topological polar surface area (TPSA) is 72.2 Å². The molecule has 0 bridgehead atoms. The van der Waals surface area contributed by atoms with E-state index >= 15 is 0 Å². The summed E-state index contributed by atoms with van der Waals surface area (Å²) in [6.45, 7) is 3.79. The van der Waals surface area contributed by atoms with Gasteiger partial charge in [-0.1, -0.05) is 17.4 Å². The number of hydrogen-bond donors (Lipinski definition) is 1. The molecule has 0 atom stereocenters. The normalized spacial score (nSPS) is 9.43. The molecule has 0 aliphatic carbocycles. The minimum atomic E-state index is -0.519. The lowest BCUT2D eigenvalue weighted by atomic mass is 10.3. The first-order chi connectivity index (χ1) is 6.65. The molecule has 0 aliphatic heterocycles. The monoisotopic (exact) mass is 212 g/mol. The van der Waals surface area contributed by atoms with E-state index in [0.29, 0.717) is 12.1 Å². The predicted octanol–water partition coefficient (Wildman–Crippen LogP) is 1.57. The van der Waals surface area contributed by atoms with Crippen LogP contribution in [0.2, 0.25) is 0 Å². The van der Waals surface area contributed by atoms with Crippen molar-refractivity contribution in [2.45, 2.75) is 0 Å². The molecular formula is C8H8N2O3S. The van der Waals surface area contributed by atoms with Crippen molar-refractivity contribution in [2.75, 3.05) is 6.54 Å². The van der Waals surface area contributed by atoms with E-state index in [-0.39, 0.29) is 10.9 Å². The fraction of sp³-hybridized carbons (Fsp3) is 0.125. The van der Waals surface area contributed by atoms with Crippen LogP contribution in [0, 0.1) is 10.1 Å². The van der Waals surface area contributed by atoms with Crippen LogP contribution in [0.15, 0.2) is 24.1 Å². The quantitative estimate of drug-likeness (QED) is 0.467. The van der Waals surface area contributed by atoms with Gasteiger partial charge in [0, 0.05) is 18.0 Å². The van der Waals surface area contributed by atoms with Crippen LogP contribution >= 0.6 is 11.3 Å². The van der Waals surface area contributed by atoms with Crippen LogP contribution in [0.3, 0.4) is 0 Å². The molecule has 0 spiro atoms. The SMILES string of the molecule is C=CCNC(=O)c1csc([N+](=O)[O-])c1. The number of thiophene rings is 1. The molecule has 0 aromatic carbocycles. The van der Waals surface area contributed by atoms with E-state index in [2.05, 4.69) is 11.9 Å². The van der Waals surface area contributed by atoms with Crippen LogP contribution in [-0.4, -0.2) is 17.4 Å². The Labute approximate surface area is 84.2 Å². The summed E-state index contributed by atoms with van der Waals surface area (Å²) in [7, 11) is 0. The second-order valence-corrected chi connectivity index (χ2v) is 3.32. The van der Waals surface area contributed by atoms with Gasteiger partial charge in [0.1, 0.15) is 0 Å². The van der Waals surface area contributed by atoms with Crippen molar-refractivity contribution in [3.05, 3.63) is 39.8 Å². The third-order valence-corrected chi connectivity index (χ3v) is 2.31. The molecule has 0 aliphatic rings. The first-order valence-electron chi connectivity index (χ1n) is 3.77. The highest BCUT2D eigenvalue weighted by atomic mass is 32.1. The van der Waals surface area contributed by atoms with Crippen LogP contribution in [0.5, 0.6) is 0 Å². The summed E-state index contributed by atoms with van der Waals surface area (Å²) in [6.07, 6.45) is 1.54. The van der Waals surface area contributed by atoms with Gasteiger partial charge in [-0.2, -0.15) is 0 Å². The molecule has 0 saturated carbocycles. The Kier molecular flexibility index (Phi) is 3.35. The fourth-order valence-corrected chi connectivity index (χ4v) is 1.51. The Bertz CT molecular complexity index is 372. The Balaban J connectivity index is 2.71. The Morgan fingerprint density at radius 2 is 2.50 bits per heavy atom. The molecule has 1 amide bonds. The smallest absolute Gasteiger partial charge is 0.324 e. The lowest BCUT2D eigenvalue weighted by Crippen LogP contribution is -2.22. The van der Waals surface area contributed by atoms with Crippen molar-refractivity contribution in [3.8, 4) is 0 Å². The summed E-state index contributed by atoms with van der Waals surface area (Å²) in [5.41, 5.74) is 0.309. The van der Waals surface area contributed by atoms with Crippen LogP contribution in [0.1, 0.15) is 10.4 Å². The highest BCUT2D eigenvalue weighted by Crippen LogP contribution is 2.22. The maximum Gasteiger partial charge on any atom is 0.324 e. The maximum atomic E-state index is 11.3. The molecule has 0 saturated heterocycles. The molecule has 14 heavy (non-hydrogen) atoms. The lowest BCUT2D eigenvalue weighted by molar-refractivity contribution is -0.380. The third kappa shape index (κ3) is 2.40. The Morgan fingerprint density at radius 1 is 1.79 bits per heavy atom. The molecule has 1 heterocycles. The largest absolute Gasteiger partial charge is 0.349 e. The number of carbonyl (C=O) groups excluding carboxylic acids is 1. The van der Waals surface area contributed by atoms with Crippen LogP contribution in [-0.2, 0) is 0 Å². The minimum Gasteiger partial charge on any atom is -0.349 e. The number of hydrogen-bond acceptors (Lipinski definition) is 4. The summed E-state index contributed by atoms with van der Waals surface area (Å²) in [4.78, 5) is 21.1. The molecular weight excluding hydrogens is 204 g/mol. The van der Waals surface area contributed by atoms with Gasteiger partial charge in [0.25, 0.3) is 5.91 Å². The number of rotatable bonds is 4. The molecule has 1 aromatic heterocycles. The molecule has 0 fully saturated rings. The Morgan fingerprint density at radius 3 is 3.00 bits per heavy atom. The molecule has 1 N–H and O–H groups in total. The van der Waals surface area contributed by atoms with Crippen molar-refractivity contribution in [1.82, 2.24) is 5.32 Å². The van der Waals surface area contributed by atoms with Crippen LogP contribution in [0.4, 0.5) is 5.00 Å². The molecule has 6 heteroatoms. The zero-order chi connectivity index (χ0) is 10.6. The van der Waals surface area contributed by atoms with Crippen molar-refractivity contribution < 1.29 is 9.72 Å². The van der Waals surface area contributed by atoms with E-state index in [1.54, 1.807) is 6.08 Å². The minimum absolute atomic E-state index is 0.0336. The van der Waals surface area contributed by atoms with Gasteiger partial charge in [0.15, 0.2) is 0 Å². The summed E-state index contributed by atoms with van der Waals surface area (Å²) in [6, 6.07) is 1.25. The van der Waals surface area contributed by atoms with Crippen molar-refractivity contribution in [3.63, 3.8) is 0 Å². The van der Waals surface area contributed by atoms with E-state index < -0.39 is 4.92 Å². The Hall–Kier alpha value is -1.69. The summed E-state index contributed by atoms with van der Waals surface area (Å²) >= 11 is 0.934. The van der Waals surface area contributed by atoms with Gasteiger partial charge in [-0.25, -0.2) is 0 Å². The zero-order valence-electron chi connectivity index (χ0n) is 7.23. The number of amides is 1. The van der Waals surface area contributed by atoms with Crippen LogP contribution < -0.4 is 5.32 Å². The second-order valence-electron chi connectivity index (χ2n) is 2.43. The molecule has 0 radical (unpaired) electrons. The predicted molar refractivity (Wildman–Crippen MR) is 53.5 cm³/mol. The first kappa shape index (κ1) is 10.4. The van der Waals surface area contributed by atoms with Gasteiger partial charge in [-0.05, 0) is 0 Å². The van der Waals surface area contributed by atoms with E-state index in [0.717, 1.165) is 11.3 Å². The third-order valence-electron chi connectivity index (χ3n) is 1.43. The van der Waals surface area contributed by atoms with Gasteiger partial charge in [-0.3, -0.25) is 14.9 Å². The zero-order valence-corrected chi connectivity index (χ0v) is 8.04. The van der Waals surface area contributed by atoms with Crippen molar-refractivity contribution in [1.29, 1.82) is 0 Å². The maximum absolute atomic E-state index is 11.3. The van der Waals surface area contributed by atoms with Crippen molar-refractivity contribution in [2.24, 2.45) is 0 Å². The summed E-state index contributed by atoms with van der Waals surface area (Å²) in [5, 5.41) is 14.3. The highest BCUT2D eigenvalue weighted by molar-refractivity contribution is 7.13. The van der Waals surface area contributed by atoms with Gasteiger partial charge >= 0.3 is 5.00 Å². The highest BCUT2D eigenvalue weighted by Gasteiger charge is 2.13. The summed E-state index contributed by atoms with van der Waals surface area (Å²) < 4.78 is 0. The lowest BCUT2D eigenvalue weighted by Gasteiger charge is -1.96. The van der Waals surface area contributed by atoms with Crippen LogP contribution in [0.25, 0.3) is 0 Å². The van der Waals surface area contributed by atoms with Gasteiger partial charge in [-0.15, -0.1) is 6.58 Å². The standard InChI is InChI=1S/C8H8N2O3S/c1-2-3-9-8(11)6-4-7(10(12)13)14-5-6/h2,4-5H,1,3H2,(H,9,11). The molecule has 1 rings (SSSR count). The van der Waals surface area contributed by atoms with E-state index in [9.17, 15) is 14.9 Å². The average Bonchev–Trinajstić information content (AvgIpc) is 2.62. The van der Waals surface area contributed by atoms with E-state index in [1.807, 2.05) is 0 Å². The number of carbonyl (C=O) groups is 1. The average molecular weight is 212 g/mol.